The first-order valence-electron chi connectivity index (χ1n) is 15.3. The summed E-state index contributed by atoms with van der Waals surface area (Å²) in [6.45, 7) is 9.58. The Kier molecular flexibility index (Phi) is 10.9. The normalized spacial score (nSPS) is 22.0. The van der Waals surface area contributed by atoms with Crippen molar-refractivity contribution >= 4 is 35.3 Å². The lowest BCUT2D eigenvalue weighted by Gasteiger charge is -2.36. The van der Waals surface area contributed by atoms with E-state index in [0.717, 1.165) is 44.9 Å². The molecule has 5 N–H and O–H groups in total. The second-order valence-electron chi connectivity index (χ2n) is 13.5. The number of carbonyl (C=O) groups excluding carboxylic acids is 6. The van der Waals surface area contributed by atoms with Crippen LogP contribution < -0.4 is 21.7 Å². The van der Waals surface area contributed by atoms with Gasteiger partial charge in [-0.2, -0.15) is 0 Å². The van der Waals surface area contributed by atoms with E-state index >= 15 is 0 Å². The van der Waals surface area contributed by atoms with E-state index in [1.54, 1.807) is 0 Å². The molecule has 1 aliphatic heterocycles. The number of nitrogens with two attached hydrogens (primary N) is 1. The largest absolute Gasteiger partial charge is 0.363 e. The van der Waals surface area contributed by atoms with Crippen LogP contribution in [0.2, 0.25) is 0 Å². The van der Waals surface area contributed by atoms with E-state index in [-0.39, 0.29) is 23.5 Å². The molecule has 1 heterocycles. The van der Waals surface area contributed by atoms with Crippen molar-refractivity contribution in [2.45, 2.75) is 123 Å². The molecule has 2 aliphatic carbocycles. The molecule has 4 unspecified atom stereocenters. The zero-order chi connectivity index (χ0) is 30.5. The van der Waals surface area contributed by atoms with Gasteiger partial charge in [0.15, 0.2) is 5.78 Å². The standard InChI is InChI=1S/C30H49N5O6/c1-17(2)22(23(36)19-10-7-6-8-11-19)33-29(41)34-25(30(3,4)5)28(40)35-15-9-12-21(35)27(39)32-20(16-18-13-14-18)24(37)26(31)38/h17-22,25H,6-16H2,1-5H3,(H2,31,38)(H,32,39)(H2,33,34,41). The van der Waals surface area contributed by atoms with Crippen molar-refractivity contribution in [1.82, 2.24) is 20.9 Å². The smallest absolute Gasteiger partial charge is 0.316 e. The average molecular weight is 576 g/mol. The Hall–Kier alpha value is -2.98. The number of hydrogen-bond donors (Lipinski definition) is 4. The lowest BCUT2D eigenvalue weighted by Crippen LogP contribution is -2.61. The number of amides is 5. The molecule has 11 nitrogen and oxygen atoms in total. The molecular formula is C30H49N5O6. The summed E-state index contributed by atoms with van der Waals surface area (Å²) >= 11 is 0. The summed E-state index contributed by atoms with van der Waals surface area (Å²) in [5.41, 5.74) is 4.51. The molecule has 0 spiro atoms. The lowest BCUT2D eigenvalue weighted by molar-refractivity contribution is -0.143. The summed E-state index contributed by atoms with van der Waals surface area (Å²) in [5, 5.41) is 8.32. The highest BCUT2D eigenvalue weighted by Crippen LogP contribution is 2.34. The fourth-order valence-corrected chi connectivity index (χ4v) is 6.00. The summed E-state index contributed by atoms with van der Waals surface area (Å²) in [4.78, 5) is 79.0. The van der Waals surface area contributed by atoms with Crippen molar-refractivity contribution in [1.29, 1.82) is 0 Å². The number of carbonyl (C=O) groups is 6. The molecule has 0 aromatic heterocycles. The van der Waals surface area contributed by atoms with E-state index in [0.29, 0.717) is 25.8 Å². The maximum atomic E-state index is 13.9. The number of ketones is 2. The van der Waals surface area contributed by atoms with Crippen LogP contribution in [0.15, 0.2) is 0 Å². The Balaban J connectivity index is 1.70. The third-order valence-corrected chi connectivity index (χ3v) is 8.64. The van der Waals surface area contributed by atoms with Gasteiger partial charge in [0, 0.05) is 12.5 Å². The summed E-state index contributed by atoms with van der Waals surface area (Å²) < 4.78 is 0. The fraction of sp³-hybridized carbons (Fsp3) is 0.800. The minimum Gasteiger partial charge on any atom is -0.363 e. The summed E-state index contributed by atoms with van der Waals surface area (Å²) in [7, 11) is 0. The molecule has 0 radical (unpaired) electrons. The van der Waals surface area contributed by atoms with E-state index in [4.69, 9.17) is 5.73 Å². The van der Waals surface area contributed by atoms with E-state index in [1.807, 2.05) is 34.6 Å². The van der Waals surface area contributed by atoms with Crippen LogP contribution >= 0.6 is 0 Å². The Morgan fingerprint density at radius 2 is 1.49 bits per heavy atom. The number of likely N-dealkylation sites (tertiary alicyclic amines) is 1. The quantitative estimate of drug-likeness (QED) is 0.260. The Bertz CT molecular complexity index is 1010. The van der Waals surface area contributed by atoms with Gasteiger partial charge in [-0.05, 0) is 49.4 Å². The molecule has 3 fully saturated rings. The van der Waals surface area contributed by atoms with Gasteiger partial charge in [-0.3, -0.25) is 24.0 Å². The molecule has 41 heavy (non-hydrogen) atoms. The van der Waals surface area contributed by atoms with Crippen molar-refractivity contribution in [3.8, 4) is 0 Å². The Labute approximate surface area is 243 Å². The number of urea groups is 1. The Morgan fingerprint density at radius 1 is 0.854 bits per heavy atom. The number of hydrogen-bond acceptors (Lipinski definition) is 6. The fourth-order valence-electron chi connectivity index (χ4n) is 6.00. The van der Waals surface area contributed by atoms with Gasteiger partial charge >= 0.3 is 6.03 Å². The highest BCUT2D eigenvalue weighted by Gasteiger charge is 2.43. The molecule has 3 rings (SSSR count). The van der Waals surface area contributed by atoms with Crippen molar-refractivity contribution in [2.24, 2.45) is 28.9 Å². The zero-order valence-corrected chi connectivity index (χ0v) is 25.3. The van der Waals surface area contributed by atoms with Crippen LogP contribution in [-0.2, 0) is 24.0 Å². The molecular weight excluding hydrogens is 526 g/mol. The zero-order valence-electron chi connectivity index (χ0n) is 25.3. The topological polar surface area (TPSA) is 168 Å². The van der Waals surface area contributed by atoms with Crippen molar-refractivity contribution in [3.63, 3.8) is 0 Å². The summed E-state index contributed by atoms with van der Waals surface area (Å²) in [6.07, 6.45) is 7.98. The first kappa shape index (κ1) is 32.5. The molecule has 230 valence electrons. The van der Waals surface area contributed by atoms with Gasteiger partial charge in [0.05, 0.1) is 12.1 Å². The van der Waals surface area contributed by atoms with Crippen LogP contribution in [0.25, 0.3) is 0 Å². The second-order valence-corrected chi connectivity index (χ2v) is 13.5. The van der Waals surface area contributed by atoms with Crippen LogP contribution in [0, 0.1) is 23.2 Å². The third-order valence-electron chi connectivity index (χ3n) is 8.64. The van der Waals surface area contributed by atoms with Crippen molar-refractivity contribution < 1.29 is 28.8 Å². The number of Topliss-reactive ketones (excluding diaryl/α,β-unsaturated/α-hetero) is 2. The van der Waals surface area contributed by atoms with Gasteiger partial charge < -0.3 is 26.6 Å². The highest BCUT2D eigenvalue weighted by molar-refractivity contribution is 6.37. The van der Waals surface area contributed by atoms with Crippen LogP contribution in [0.1, 0.15) is 98.8 Å². The SMILES string of the molecule is CC(C)C(NC(=O)NC(C(=O)N1CCCC1C(=O)NC(CC1CC1)C(=O)C(N)=O)C(C)(C)C)C(=O)C1CCCCC1. The molecule has 0 bridgehead atoms. The van der Waals surface area contributed by atoms with Crippen LogP contribution in [0.4, 0.5) is 4.79 Å². The monoisotopic (exact) mass is 575 g/mol. The maximum absolute atomic E-state index is 13.9. The van der Waals surface area contributed by atoms with Gasteiger partial charge in [0.25, 0.3) is 5.91 Å². The highest BCUT2D eigenvalue weighted by atomic mass is 16.2. The number of nitrogens with zero attached hydrogens (tertiary/aromatic N) is 1. The van der Waals surface area contributed by atoms with Gasteiger partial charge in [-0.15, -0.1) is 0 Å². The molecule has 11 heteroatoms. The number of primary amides is 1. The van der Waals surface area contributed by atoms with Crippen LogP contribution in [0.3, 0.4) is 0 Å². The molecule has 2 saturated carbocycles. The third kappa shape index (κ3) is 8.75. The average Bonchev–Trinajstić information content (AvgIpc) is 3.59. The molecule has 3 aliphatic rings. The lowest BCUT2D eigenvalue weighted by atomic mass is 9.81. The number of rotatable bonds is 12. The summed E-state index contributed by atoms with van der Waals surface area (Å²) in [6, 6.07) is -4.08. The van der Waals surface area contributed by atoms with E-state index in [1.165, 1.54) is 4.90 Å². The van der Waals surface area contributed by atoms with E-state index in [9.17, 15) is 28.8 Å². The second kappa shape index (κ2) is 13.8. The van der Waals surface area contributed by atoms with Crippen LogP contribution in [-0.4, -0.2) is 70.9 Å². The van der Waals surface area contributed by atoms with Gasteiger partial charge in [0.1, 0.15) is 12.1 Å². The molecule has 1 saturated heterocycles. The van der Waals surface area contributed by atoms with Crippen LogP contribution in [0.5, 0.6) is 0 Å². The first-order chi connectivity index (χ1) is 19.2. The van der Waals surface area contributed by atoms with Crippen molar-refractivity contribution in [2.75, 3.05) is 6.54 Å². The maximum Gasteiger partial charge on any atom is 0.316 e. The predicted molar refractivity (Wildman–Crippen MR) is 153 cm³/mol. The minimum absolute atomic E-state index is 0.0380. The van der Waals surface area contributed by atoms with E-state index in [2.05, 4.69) is 16.0 Å². The number of nitrogens with one attached hydrogen (secondary N) is 3. The van der Waals surface area contributed by atoms with E-state index < -0.39 is 59.1 Å². The van der Waals surface area contributed by atoms with Gasteiger partial charge in [-0.1, -0.05) is 66.7 Å². The molecule has 0 aromatic rings. The first-order valence-corrected chi connectivity index (χ1v) is 15.3. The minimum atomic E-state index is -1.10. The molecule has 5 amide bonds. The Morgan fingerprint density at radius 3 is 2.02 bits per heavy atom. The predicted octanol–water partition coefficient (Wildman–Crippen LogP) is 2.20. The molecule has 0 aromatic carbocycles. The molecule has 4 atom stereocenters. The van der Waals surface area contributed by atoms with Gasteiger partial charge in [0.2, 0.25) is 17.6 Å². The summed E-state index contributed by atoms with van der Waals surface area (Å²) in [5.74, 6) is -2.73. The van der Waals surface area contributed by atoms with Gasteiger partial charge in [-0.25, -0.2) is 4.79 Å². The van der Waals surface area contributed by atoms with Crippen molar-refractivity contribution in [3.05, 3.63) is 0 Å².